The summed E-state index contributed by atoms with van der Waals surface area (Å²) in [5.41, 5.74) is 1.06. The lowest BCUT2D eigenvalue weighted by molar-refractivity contribution is -0.137. The number of likely N-dealkylation sites (tertiary alicyclic amines) is 1. The van der Waals surface area contributed by atoms with Gasteiger partial charge in [0.25, 0.3) is 0 Å². The molecule has 7 heteroatoms. The number of hydrogen-bond donors (Lipinski definition) is 1. The Bertz CT molecular complexity index is 896. The number of piperidine rings is 1. The van der Waals surface area contributed by atoms with E-state index in [0.717, 1.165) is 11.3 Å². The van der Waals surface area contributed by atoms with Crippen LogP contribution in [0.4, 0.5) is 0 Å². The maximum atomic E-state index is 12.6. The molecule has 1 N–H and O–H groups in total. The summed E-state index contributed by atoms with van der Waals surface area (Å²) in [4.78, 5) is 41.1. The van der Waals surface area contributed by atoms with E-state index in [4.69, 9.17) is 4.74 Å². The topological polar surface area (TPSA) is 79.0 Å². The van der Waals surface area contributed by atoms with Crippen molar-refractivity contribution in [1.29, 1.82) is 0 Å². The molecule has 7 nitrogen and oxygen atoms in total. The van der Waals surface area contributed by atoms with E-state index in [1.165, 1.54) is 0 Å². The molecule has 3 rings (SSSR count). The predicted octanol–water partition coefficient (Wildman–Crippen LogP) is 2.86. The van der Waals surface area contributed by atoms with Crippen molar-refractivity contribution < 1.29 is 19.1 Å². The number of nitrogens with one attached hydrogen (secondary N) is 1. The number of nitrogens with zero attached hydrogens (tertiary/aromatic N) is 2. The monoisotopic (exact) mass is 451 g/mol. The Balaban J connectivity index is 1.35. The molecule has 1 saturated heterocycles. The first-order valence-electron chi connectivity index (χ1n) is 11.6. The minimum Gasteiger partial charge on any atom is -0.493 e. The Morgan fingerprint density at radius 1 is 1.00 bits per heavy atom. The van der Waals surface area contributed by atoms with Crippen LogP contribution in [0.3, 0.4) is 0 Å². The fraction of sp³-hybridized carbons (Fsp3) is 0.423. The number of hydrogen-bond acceptors (Lipinski definition) is 4. The summed E-state index contributed by atoms with van der Waals surface area (Å²) in [5.74, 6) is 0.408. The zero-order chi connectivity index (χ0) is 23.5. The summed E-state index contributed by atoms with van der Waals surface area (Å²) >= 11 is 0. The first-order valence-corrected chi connectivity index (χ1v) is 11.6. The van der Waals surface area contributed by atoms with Crippen molar-refractivity contribution in [2.24, 2.45) is 5.92 Å². The molecule has 0 aromatic heterocycles. The molecule has 1 fully saturated rings. The van der Waals surface area contributed by atoms with Crippen molar-refractivity contribution in [3.05, 3.63) is 66.2 Å². The van der Waals surface area contributed by atoms with Crippen LogP contribution < -0.4 is 10.1 Å². The molecule has 1 aliphatic heterocycles. The van der Waals surface area contributed by atoms with Gasteiger partial charge in [0.1, 0.15) is 5.75 Å². The fourth-order valence-corrected chi connectivity index (χ4v) is 3.92. The number of rotatable bonds is 10. The van der Waals surface area contributed by atoms with Gasteiger partial charge in [0.2, 0.25) is 17.7 Å². The molecule has 1 aliphatic rings. The highest BCUT2D eigenvalue weighted by Crippen LogP contribution is 2.18. The Hall–Kier alpha value is -3.35. The van der Waals surface area contributed by atoms with Gasteiger partial charge in [-0.3, -0.25) is 14.4 Å². The maximum absolute atomic E-state index is 12.6. The number of carbonyl (C=O) groups is 3. The number of ether oxygens (including phenoxy) is 1. The first-order chi connectivity index (χ1) is 16.1. The average molecular weight is 452 g/mol. The third kappa shape index (κ3) is 7.63. The third-order valence-electron chi connectivity index (χ3n) is 5.91. The van der Waals surface area contributed by atoms with E-state index in [9.17, 15) is 14.4 Å². The van der Waals surface area contributed by atoms with E-state index in [0.29, 0.717) is 52.0 Å². The molecule has 0 bridgehead atoms. The SMILES string of the molecule is CCN(Cc1ccccc1)C(=O)CNC(=O)C1CCN(C(=O)CCOc2ccccc2)CC1. The predicted molar refractivity (Wildman–Crippen MR) is 126 cm³/mol. The number of benzene rings is 2. The second kappa shape index (κ2) is 12.6. The normalized spacial score (nSPS) is 13.9. The highest BCUT2D eigenvalue weighted by Gasteiger charge is 2.27. The number of carbonyl (C=O) groups excluding carboxylic acids is 3. The third-order valence-corrected chi connectivity index (χ3v) is 5.91. The van der Waals surface area contributed by atoms with E-state index in [2.05, 4.69) is 5.32 Å². The van der Waals surface area contributed by atoms with E-state index < -0.39 is 0 Å². The van der Waals surface area contributed by atoms with E-state index in [1.54, 1.807) is 9.80 Å². The van der Waals surface area contributed by atoms with Gasteiger partial charge in [-0.25, -0.2) is 0 Å². The summed E-state index contributed by atoms with van der Waals surface area (Å²) in [6.45, 7) is 4.47. The van der Waals surface area contributed by atoms with Crippen LogP contribution in [0.25, 0.3) is 0 Å². The summed E-state index contributed by atoms with van der Waals surface area (Å²) in [7, 11) is 0. The molecule has 0 saturated carbocycles. The molecule has 0 aliphatic carbocycles. The fourth-order valence-electron chi connectivity index (χ4n) is 3.92. The van der Waals surface area contributed by atoms with E-state index >= 15 is 0 Å². The number of amides is 3. The first kappa shape index (κ1) is 24.3. The zero-order valence-electron chi connectivity index (χ0n) is 19.2. The van der Waals surface area contributed by atoms with Crippen molar-refractivity contribution in [2.75, 3.05) is 32.8 Å². The average Bonchev–Trinajstić information content (AvgIpc) is 2.87. The molecule has 176 valence electrons. The number of likely N-dealkylation sites (N-methyl/N-ethyl adjacent to an activating group) is 1. The Morgan fingerprint density at radius 2 is 1.64 bits per heavy atom. The minimum atomic E-state index is -0.174. The highest BCUT2D eigenvalue weighted by atomic mass is 16.5. The van der Waals surface area contributed by atoms with Gasteiger partial charge >= 0.3 is 0 Å². The molecule has 2 aromatic carbocycles. The molecule has 0 unspecified atom stereocenters. The lowest BCUT2D eigenvalue weighted by Gasteiger charge is -2.31. The van der Waals surface area contributed by atoms with Gasteiger partial charge in [-0.1, -0.05) is 48.5 Å². The van der Waals surface area contributed by atoms with Gasteiger partial charge in [-0.2, -0.15) is 0 Å². The van der Waals surface area contributed by atoms with E-state index in [-0.39, 0.29) is 30.2 Å². The summed E-state index contributed by atoms with van der Waals surface area (Å²) in [5, 5.41) is 2.80. The standard InChI is InChI=1S/C26H33N3O4/c1-2-28(20-21-9-5-3-6-10-21)25(31)19-27-26(32)22-13-16-29(17-14-22)24(30)15-18-33-23-11-7-4-8-12-23/h3-12,22H,2,13-20H2,1H3,(H,27,32). The summed E-state index contributed by atoms with van der Waals surface area (Å²) in [6, 6.07) is 19.2. The maximum Gasteiger partial charge on any atom is 0.242 e. The Labute approximate surface area is 195 Å². The van der Waals surface area contributed by atoms with Crippen LogP contribution >= 0.6 is 0 Å². The zero-order valence-corrected chi connectivity index (χ0v) is 19.2. The van der Waals surface area contributed by atoms with Crippen LogP contribution in [0.5, 0.6) is 5.75 Å². The van der Waals surface area contributed by atoms with Crippen molar-refractivity contribution in [2.45, 2.75) is 32.7 Å². The van der Waals surface area contributed by atoms with Gasteiger partial charge in [-0.05, 0) is 37.5 Å². The van der Waals surface area contributed by atoms with Crippen molar-refractivity contribution in [1.82, 2.24) is 15.1 Å². The quantitative estimate of drug-likeness (QED) is 0.603. The summed E-state index contributed by atoms with van der Waals surface area (Å²) in [6.07, 6.45) is 1.52. The minimum absolute atomic E-state index is 0.00449. The highest BCUT2D eigenvalue weighted by molar-refractivity contribution is 5.86. The second-order valence-electron chi connectivity index (χ2n) is 8.18. The van der Waals surface area contributed by atoms with Crippen molar-refractivity contribution in [3.8, 4) is 5.75 Å². The largest absolute Gasteiger partial charge is 0.493 e. The molecule has 1 heterocycles. The van der Waals surface area contributed by atoms with E-state index in [1.807, 2.05) is 67.6 Å². The molecule has 0 atom stereocenters. The lowest BCUT2D eigenvalue weighted by atomic mass is 9.95. The Morgan fingerprint density at radius 3 is 2.27 bits per heavy atom. The lowest BCUT2D eigenvalue weighted by Crippen LogP contribution is -2.45. The Kier molecular flexibility index (Phi) is 9.30. The van der Waals surface area contributed by atoms with Crippen LogP contribution in [-0.2, 0) is 20.9 Å². The van der Waals surface area contributed by atoms with Gasteiger partial charge in [-0.15, -0.1) is 0 Å². The van der Waals surface area contributed by atoms with Crippen LogP contribution in [0.15, 0.2) is 60.7 Å². The molecule has 3 amide bonds. The van der Waals surface area contributed by atoms with Gasteiger partial charge in [0, 0.05) is 32.1 Å². The van der Waals surface area contributed by atoms with Crippen LogP contribution in [0, 0.1) is 5.92 Å². The van der Waals surface area contributed by atoms with Crippen LogP contribution in [0.2, 0.25) is 0 Å². The van der Waals surface area contributed by atoms with Gasteiger partial charge < -0.3 is 19.9 Å². The van der Waals surface area contributed by atoms with Crippen LogP contribution in [0.1, 0.15) is 31.7 Å². The molecule has 0 radical (unpaired) electrons. The molecular formula is C26H33N3O4. The van der Waals surface area contributed by atoms with Crippen LogP contribution in [-0.4, -0.2) is 60.3 Å². The van der Waals surface area contributed by atoms with Gasteiger partial charge in [0.05, 0.1) is 19.6 Å². The number of para-hydroxylation sites is 1. The second-order valence-corrected chi connectivity index (χ2v) is 8.18. The summed E-state index contributed by atoms with van der Waals surface area (Å²) < 4.78 is 5.60. The van der Waals surface area contributed by atoms with Crippen molar-refractivity contribution >= 4 is 17.7 Å². The smallest absolute Gasteiger partial charge is 0.242 e. The molecule has 0 spiro atoms. The van der Waals surface area contributed by atoms with Gasteiger partial charge in [0.15, 0.2) is 0 Å². The molecular weight excluding hydrogens is 418 g/mol. The van der Waals surface area contributed by atoms with Crippen molar-refractivity contribution in [3.63, 3.8) is 0 Å². The molecule has 33 heavy (non-hydrogen) atoms. The molecule has 2 aromatic rings.